The van der Waals surface area contributed by atoms with Gasteiger partial charge in [0.15, 0.2) is 0 Å². The average Bonchev–Trinajstić information content (AvgIpc) is 2.35. The van der Waals surface area contributed by atoms with Gasteiger partial charge in [-0.1, -0.05) is 6.07 Å². The molecule has 0 amide bonds. The predicted octanol–water partition coefficient (Wildman–Crippen LogP) is 4.35. The summed E-state index contributed by atoms with van der Waals surface area (Å²) < 4.78 is 64.8. The van der Waals surface area contributed by atoms with Crippen LogP contribution >= 0.6 is 0 Å². The van der Waals surface area contributed by atoms with Crippen LogP contribution in [0.5, 0.6) is 0 Å². The van der Waals surface area contributed by atoms with Crippen LogP contribution in [0.2, 0.25) is 0 Å². The lowest BCUT2D eigenvalue weighted by atomic mass is 9.98. The molecule has 0 heterocycles. The van der Waals surface area contributed by atoms with E-state index in [1.54, 1.807) is 0 Å². The number of carbonyl (C=O) groups is 1. The van der Waals surface area contributed by atoms with E-state index in [9.17, 15) is 26.7 Å². The van der Waals surface area contributed by atoms with Crippen molar-refractivity contribution in [2.45, 2.75) is 6.18 Å². The van der Waals surface area contributed by atoms with Crippen LogP contribution in [0.25, 0.3) is 11.1 Å². The zero-order chi connectivity index (χ0) is 15.8. The fourth-order valence-corrected chi connectivity index (χ4v) is 1.87. The molecule has 0 atom stereocenters. The summed E-state index contributed by atoms with van der Waals surface area (Å²) in [6, 6.07) is 4.67. The monoisotopic (exact) mass is 302 g/mol. The number of carboxylic acids is 1. The van der Waals surface area contributed by atoms with Crippen molar-refractivity contribution in [3.8, 4) is 11.1 Å². The number of rotatable bonds is 2. The van der Waals surface area contributed by atoms with Gasteiger partial charge in [-0.3, -0.25) is 0 Å². The second-order valence-corrected chi connectivity index (χ2v) is 4.22. The number of benzene rings is 2. The minimum absolute atomic E-state index is 0.116. The van der Waals surface area contributed by atoms with Crippen LogP contribution in [0.3, 0.4) is 0 Å². The van der Waals surface area contributed by atoms with Crippen molar-refractivity contribution in [3.63, 3.8) is 0 Å². The van der Waals surface area contributed by atoms with Crippen molar-refractivity contribution in [1.82, 2.24) is 0 Å². The normalized spacial score (nSPS) is 11.5. The molecule has 2 rings (SSSR count). The van der Waals surface area contributed by atoms with Crippen LogP contribution in [0.4, 0.5) is 22.0 Å². The van der Waals surface area contributed by atoms with Gasteiger partial charge in [0.25, 0.3) is 0 Å². The Kier molecular flexibility index (Phi) is 3.67. The number of carboxylic acid groups (broad SMARTS) is 1. The van der Waals surface area contributed by atoms with Gasteiger partial charge in [-0.2, -0.15) is 13.2 Å². The van der Waals surface area contributed by atoms with Crippen LogP contribution in [0.15, 0.2) is 36.4 Å². The van der Waals surface area contributed by atoms with Gasteiger partial charge in [0.2, 0.25) is 0 Å². The van der Waals surface area contributed by atoms with Gasteiger partial charge in [0.05, 0.1) is 11.1 Å². The van der Waals surface area contributed by atoms with E-state index >= 15 is 0 Å². The van der Waals surface area contributed by atoms with E-state index in [2.05, 4.69) is 0 Å². The van der Waals surface area contributed by atoms with Gasteiger partial charge < -0.3 is 5.11 Å². The van der Waals surface area contributed by atoms with Crippen molar-refractivity contribution in [2.75, 3.05) is 0 Å². The summed E-state index contributed by atoms with van der Waals surface area (Å²) in [5, 5.41) is 8.76. The van der Waals surface area contributed by atoms with Crippen LogP contribution in [-0.4, -0.2) is 11.1 Å². The van der Waals surface area contributed by atoms with Gasteiger partial charge >= 0.3 is 12.1 Å². The smallest absolute Gasteiger partial charge is 0.417 e. The summed E-state index contributed by atoms with van der Waals surface area (Å²) in [6.45, 7) is 0. The molecule has 2 nitrogen and oxygen atoms in total. The van der Waals surface area contributed by atoms with Crippen molar-refractivity contribution < 1.29 is 31.9 Å². The highest BCUT2D eigenvalue weighted by Crippen LogP contribution is 2.35. The Balaban J connectivity index is 2.64. The third-order valence-electron chi connectivity index (χ3n) is 2.75. The molecule has 0 fully saturated rings. The molecule has 0 aliphatic heterocycles. The van der Waals surface area contributed by atoms with Gasteiger partial charge in [-0.05, 0) is 35.4 Å². The fraction of sp³-hybridized carbons (Fsp3) is 0.0714. The minimum atomic E-state index is -4.89. The summed E-state index contributed by atoms with van der Waals surface area (Å²) in [4.78, 5) is 10.8. The van der Waals surface area contributed by atoms with Crippen LogP contribution in [-0.2, 0) is 6.18 Å². The molecule has 110 valence electrons. The molecule has 0 aliphatic carbocycles. The second kappa shape index (κ2) is 5.16. The van der Waals surface area contributed by atoms with E-state index < -0.39 is 34.9 Å². The number of hydrogen-bond acceptors (Lipinski definition) is 1. The average molecular weight is 302 g/mol. The Bertz CT molecular complexity index is 687. The molecule has 0 saturated heterocycles. The van der Waals surface area contributed by atoms with E-state index in [4.69, 9.17) is 5.11 Å². The van der Waals surface area contributed by atoms with E-state index in [-0.39, 0.29) is 11.1 Å². The topological polar surface area (TPSA) is 37.3 Å². The maximum Gasteiger partial charge on any atom is 0.417 e. The van der Waals surface area contributed by atoms with E-state index in [1.165, 1.54) is 0 Å². The number of hydrogen-bond donors (Lipinski definition) is 1. The molecule has 7 heteroatoms. The van der Waals surface area contributed by atoms with Crippen molar-refractivity contribution in [1.29, 1.82) is 0 Å². The second-order valence-electron chi connectivity index (χ2n) is 4.22. The number of halogens is 5. The minimum Gasteiger partial charge on any atom is -0.478 e. The molecule has 2 aromatic rings. The van der Waals surface area contributed by atoms with E-state index in [0.29, 0.717) is 12.1 Å². The Morgan fingerprint density at radius 2 is 1.48 bits per heavy atom. The van der Waals surface area contributed by atoms with Gasteiger partial charge in [-0.15, -0.1) is 0 Å². The fourth-order valence-electron chi connectivity index (χ4n) is 1.87. The quantitative estimate of drug-likeness (QED) is 0.837. The van der Waals surface area contributed by atoms with Crippen LogP contribution < -0.4 is 0 Å². The highest BCUT2D eigenvalue weighted by Gasteiger charge is 2.35. The third kappa shape index (κ3) is 3.18. The molecule has 2 aromatic carbocycles. The maximum atomic E-state index is 13.1. The first-order valence-electron chi connectivity index (χ1n) is 5.59. The molecule has 0 spiro atoms. The van der Waals surface area contributed by atoms with E-state index in [1.807, 2.05) is 0 Å². The standard InChI is InChI=1S/C14H7F5O2/c15-9-3-8(4-10(16)6-9)7-1-2-11(13(20)21)12(5-7)14(17,18)19/h1-6H,(H,20,21). The lowest BCUT2D eigenvalue weighted by Gasteiger charge is -2.12. The highest BCUT2D eigenvalue weighted by atomic mass is 19.4. The Morgan fingerprint density at radius 3 is 1.95 bits per heavy atom. The number of alkyl halides is 3. The molecule has 1 N–H and O–H groups in total. The van der Waals surface area contributed by atoms with Crippen molar-refractivity contribution >= 4 is 5.97 Å². The summed E-state index contributed by atoms with van der Waals surface area (Å²) >= 11 is 0. The molecule has 0 bridgehead atoms. The van der Waals surface area contributed by atoms with E-state index in [0.717, 1.165) is 24.3 Å². The van der Waals surface area contributed by atoms with Crippen LogP contribution in [0, 0.1) is 11.6 Å². The largest absolute Gasteiger partial charge is 0.478 e. The molecular formula is C14H7F5O2. The first-order valence-corrected chi connectivity index (χ1v) is 5.59. The van der Waals surface area contributed by atoms with Gasteiger partial charge in [0, 0.05) is 6.07 Å². The van der Waals surface area contributed by atoms with Crippen molar-refractivity contribution in [3.05, 3.63) is 59.2 Å². The summed E-state index contributed by atoms with van der Waals surface area (Å²) in [6.07, 6.45) is -4.89. The zero-order valence-corrected chi connectivity index (χ0v) is 10.2. The molecule has 0 unspecified atom stereocenters. The molecule has 21 heavy (non-hydrogen) atoms. The summed E-state index contributed by atoms with van der Waals surface area (Å²) in [5.74, 6) is -3.62. The maximum absolute atomic E-state index is 13.1. The molecule has 0 aliphatic rings. The third-order valence-corrected chi connectivity index (χ3v) is 2.75. The Morgan fingerprint density at radius 1 is 0.905 bits per heavy atom. The zero-order valence-electron chi connectivity index (χ0n) is 10.2. The Labute approximate surface area is 115 Å². The SMILES string of the molecule is O=C(O)c1ccc(-c2cc(F)cc(F)c2)cc1C(F)(F)F. The highest BCUT2D eigenvalue weighted by molar-refractivity contribution is 5.90. The molecule has 0 radical (unpaired) electrons. The van der Waals surface area contributed by atoms with Gasteiger partial charge in [0.1, 0.15) is 11.6 Å². The van der Waals surface area contributed by atoms with Crippen molar-refractivity contribution in [2.24, 2.45) is 0 Å². The molecule has 0 saturated carbocycles. The van der Waals surface area contributed by atoms with Crippen LogP contribution in [0.1, 0.15) is 15.9 Å². The first-order chi connectivity index (χ1) is 9.68. The predicted molar refractivity (Wildman–Crippen MR) is 63.8 cm³/mol. The lowest BCUT2D eigenvalue weighted by Crippen LogP contribution is -2.13. The van der Waals surface area contributed by atoms with Gasteiger partial charge in [-0.25, -0.2) is 13.6 Å². The number of aromatic carboxylic acids is 1. The Hall–Kier alpha value is -2.44. The molecule has 0 aromatic heterocycles. The summed E-state index contributed by atoms with van der Waals surface area (Å²) in [7, 11) is 0. The lowest BCUT2D eigenvalue weighted by molar-refractivity contribution is -0.138. The molecular weight excluding hydrogens is 295 g/mol. The first kappa shape index (κ1) is 15.0. The summed E-state index contributed by atoms with van der Waals surface area (Å²) in [5.41, 5.74) is -2.55.